The molecule has 0 saturated carbocycles. The first-order valence-electron chi connectivity index (χ1n) is 6.68. The zero-order valence-corrected chi connectivity index (χ0v) is 11.7. The molecule has 1 N–H and O–H groups in total. The first kappa shape index (κ1) is 15.0. The SMILES string of the molecule is CCCC1C(=O)NC(CC)C(=O)N1C(C)COC. The molecule has 0 aromatic rings. The van der Waals surface area contributed by atoms with Gasteiger partial charge in [-0.25, -0.2) is 0 Å². The maximum absolute atomic E-state index is 12.4. The lowest BCUT2D eigenvalue weighted by Gasteiger charge is -2.42. The minimum Gasteiger partial charge on any atom is -0.383 e. The summed E-state index contributed by atoms with van der Waals surface area (Å²) in [4.78, 5) is 26.1. The third-order valence-corrected chi connectivity index (χ3v) is 3.36. The van der Waals surface area contributed by atoms with E-state index in [0.29, 0.717) is 19.4 Å². The Bertz CT molecular complexity index is 307. The maximum atomic E-state index is 12.4. The average Bonchev–Trinajstić information content (AvgIpc) is 2.34. The van der Waals surface area contributed by atoms with Gasteiger partial charge in [0.25, 0.3) is 0 Å². The van der Waals surface area contributed by atoms with Crippen molar-refractivity contribution in [3.63, 3.8) is 0 Å². The molecule has 104 valence electrons. The fraction of sp³-hybridized carbons (Fsp3) is 0.846. The molecule has 1 aliphatic rings. The van der Waals surface area contributed by atoms with E-state index in [1.165, 1.54) is 0 Å². The number of methoxy groups -OCH3 is 1. The largest absolute Gasteiger partial charge is 0.383 e. The van der Waals surface area contributed by atoms with E-state index in [1.807, 2.05) is 20.8 Å². The second kappa shape index (κ2) is 6.73. The number of carbonyl (C=O) groups is 2. The van der Waals surface area contributed by atoms with Crippen molar-refractivity contribution in [3.05, 3.63) is 0 Å². The van der Waals surface area contributed by atoms with Crippen molar-refractivity contribution in [2.45, 2.75) is 58.2 Å². The number of ether oxygens (including phenoxy) is 1. The van der Waals surface area contributed by atoms with Gasteiger partial charge < -0.3 is 15.0 Å². The van der Waals surface area contributed by atoms with Crippen molar-refractivity contribution in [3.8, 4) is 0 Å². The first-order chi connectivity index (χ1) is 8.56. The number of nitrogens with one attached hydrogen (secondary N) is 1. The smallest absolute Gasteiger partial charge is 0.246 e. The second-order valence-corrected chi connectivity index (χ2v) is 4.82. The summed E-state index contributed by atoms with van der Waals surface area (Å²) in [5.41, 5.74) is 0. The van der Waals surface area contributed by atoms with Gasteiger partial charge in [-0.15, -0.1) is 0 Å². The Labute approximate surface area is 109 Å². The summed E-state index contributed by atoms with van der Waals surface area (Å²) in [6, 6.07) is -0.806. The van der Waals surface area contributed by atoms with Gasteiger partial charge in [0, 0.05) is 7.11 Å². The van der Waals surface area contributed by atoms with Gasteiger partial charge in [-0.3, -0.25) is 9.59 Å². The molecule has 1 saturated heterocycles. The van der Waals surface area contributed by atoms with Crippen molar-refractivity contribution in [2.75, 3.05) is 13.7 Å². The van der Waals surface area contributed by atoms with Crippen molar-refractivity contribution >= 4 is 11.8 Å². The van der Waals surface area contributed by atoms with Crippen molar-refractivity contribution in [1.29, 1.82) is 0 Å². The minimum atomic E-state index is -0.384. The number of nitrogens with zero attached hydrogens (tertiary/aromatic N) is 1. The third-order valence-electron chi connectivity index (χ3n) is 3.36. The molecule has 0 aliphatic carbocycles. The van der Waals surface area contributed by atoms with Gasteiger partial charge in [0.2, 0.25) is 11.8 Å². The van der Waals surface area contributed by atoms with Crippen LogP contribution in [0.5, 0.6) is 0 Å². The average molecular weight is 256 g/mol. The number of piperazine rings is 1. The van der Waals surface area contributed by atoms with E-state index < -0.39 is 0 Å². The number of hydrogen-bond donors (Lipinski definition) is 1. The second-order valence-electron chi connectivity index (χ2n) is 4.82. The molecule has 3 unspecified atom stereocenters. The van der Waals surface area contributed by atoms with Crippen LogP contribution in [0.25, 0.3) is 0 Å². The van der Waals surface area contributed by atoms with Gasteiger partial charge in [-0.05, 0) is 19.8 Å². The predicted molar refractivity (Wildman–Crippen MR) is 69.1 cm³/mol. The molecule has 2 amide bonds. The molecule has 1 heterocycles. The molecular weight excluding hydrogens is 232 g/mol. The quantitative estimate of drug-likeness (QED) is 0.769. The van der Waals surface area contributed by atoms with E-state index in [1.54, 1.807) is 12.0 Å². The number of carbonyl (C=O) groups excluding carboxylic acids is 2. The Hall–Kier alpha value is -1.10. The van der Waals surface area contributed by atoms with Crippen LogP contribution in [0.1, 0.15) is 40.0 Å². The highest BCUT2D eigenvalue weighted by Gasteiger charge is 2.41. The van der Waals surface area contributed by atoms with Crippen molar-refractivity contribution in [1.82, 2.24) is 10.2 Å². The van der Waals surface area contributed by atoms with Crippen LogP contribution in [0, 0.1) is 0 Å². The summed E-state index contributed by atoms with van der Waals surface area (Å²) < 4.78 is 5.11. The van der Waals surface area contributed by atoms with E-state index in [4.69, 9.17) is 4.74 Å². The van der Waals surface area contributed by atoms with Crippen molar-refractivity contribution < 1.29 is 14.3 Å². The first-order valence-corrected chi connectivity index (χ1v) is 6.68. The van der Waals surface area contributed by atoms with E-state index in [0.717, 1.165) is 6.42 Å². The molecule has 0 aromatic carbocycles. The lowest BCUT2D eigenvalue weighted by atomic mass is 9.99. The van der Waals surface area contributed by atoms with Crippen LogP contribution in [-0.4, -0.2) is 48.6 Å². The number of amides is 2. The fourth-order valence-electron chi connectivity index (χ4n) is 2.46. The molecule has 0 radical (unpaired) electrons. The Balaban J connectivity index is 2.93. The van der Waals surface area contributed by atoms with Crippen LogP contribution in [0.2, 0.25) is 0 Å². The van der Waals surface area contributed by atoms with Crippen LogP contribution < -0.4 is 5.32 Å². The molecule has 1 aliphatic heterocycles. The normalized spacial score (nSPS) is 26.1. The minimum absolute atomic E-state index is 0.0140. The van der Waals surface area contributed by atoms with E-state index in [9.17, 15) is 9.59 Å². The molecule has 5 heteroatoms. The number of rotatable bonds is 6. The standard InChI is InChI=1S/C13H24N2O3/c1-5-7-11-12(16)14-10(6-2)13(17)15(11)9(3)8-18-4/h9-11H,5-8H2,1-4H3,(H,14,16). The molecule has 0 aromatic heterocycles. The molecule has 18 heavy (non-hydrogen) atoms. The highest BCUT2D eigenvalue weighted by atomic mass is 16.5. The lowest BCUT2D eigenvalue weighted by molar-refractivity contribution is -0.153. The van der Waals surface area contributed by atoms with Gasteiger partial charge in [-0.1, -0.05) is 20.3 Å². The van der Waals surface area contributed by atoms with Gasteiger partial charge in [0.05, 0.1) is 12.6 Å². The zero-order chi connectivity index (χ0) is 13.7. The third kappa shape index (κ3) is 3.02. The monoisotopic (exact) mass is 256 g/mol. The lowest BCUT2D eigenvalue weighted by Crippen LogP contribution is -2.65. The van der Waals surface area contributed by atoms with Gasteiger partial charge >= 0.3 is 0 Å². The predicted octanol–water partition coefficient (Wildman–Crippen LogP) is 0.927. The van der Waals surface area contributed by atoms with Gasteiger partial charge in [0.15, 0.2) is 0 Å². The zero-order valence-electron chi connectivity index (χ0n) is 11.7. The van der Waals surface area contributed by atoms with Crippen LogP contribution in [0.15, 0.2) is 0 Å². The van der Waals surface area contributed by atoms with Crippen LogP contribution in [0.4, 0.5) is 0 Å². The van der Waals surface area contributed by atoms with E-state index in [-0.39, 0.29) is 29.9 Å². The Morgan fingerprint density at radius 1 is 1.39 bits per heavy atom. The fourth-order valence-corrected chi connectivity index (χ4v) is 2.46. The van der Waals surface area contributed by atoms with Crippen LogP contribution >= 0.6 is 0 Å². The van der Waals surface area contributed by atoms with Crippen LogP contribution in [-0.2, 0) is 14.3 Å². The Kier molecular flexibility index (Phi) is 5.59. The molecule has 0 bridgehead atoms. The van der Waals surface area contributed by atoms with Gasteiger partial charge in [0.1, 0.15) is 12.1 Å². The summed E-state index contributed by atoms with van der Waals surface area (Å²) in [5.74, 6) is -0.0219. The molecule has 1 rings (SSSR count). The Morgan fingerprint density at radius 2 is 2.06 bits per heavy atom. The van der Waals surface area contributed by atoms with E-state index >= 15 is 0 Å². The molecule has 3 atom stereocenters. The Morgan fingerprint density at radius 3 is 2.56 bits per heavy atom. The molecule has 1 fully saturated rings. The highest BCUT2D eigenvalue weighted by Crippen LogP contribution is 2.19. The molecular formula is C13H24N2O3. The molecule has 5 nitrogen and oxygen atoms in total. The maximum Gasteiger partial charge on any atom is 0.246 e. The summed E-state index contributed by atoms with van der Waals surface area (Å²) in [5, 5.41) is 2.81. The summed E-state index contributed by atoms with van der Waals surface area (Å²) in [7, 11) is 1.61. The summed E-state index contributed by atoms with van der Waals surface area (Å²) in [6.07, 6.45) is 2.19. The highest BCUT2D eigenvalue weighted by molar-refractivity contribution is 5.97. The van der Waals surface area contributed by atoms with E-state index in [2.05, 4.69) is 5.32 Å². The molecule has 0 spiro atoms. The topological polar surface area (TPSA) is 58.6 Å². The number of hydrogen-bond acceptors (Lipinski definition) is 3. The summed E-state index contributed by atoms with van der Waals surface area (Å²) >= 11 is 0. The summed E-state index contributed by atoms with van der Waals surface area (Å²) in [6.45, 7) is 6.30. The van der Waals surface area contributed by atoms with Gasteiger partial charge in [-0.2, -0.15) is 0 Å². The van der Waals surface area contributed by atoms with Crippen LogP contribution in [0.3, 0.4) is 0 Å². The van der Waals surface area contributed by atoms with Crippen molar-refractivity contribution in [2.24, 2.45) is 0 Å².